The van der Waals surface area contributed by atoms with Crippen LogP contribution >= 0.6 is 0 Å². The first-order valence-corrected chi connectivity index (χ1v) is 11.4. The lowest BCUT2D eigenvalue weighted by Gasteiger charge is -2.38. The number of alkyl halides is 1. The van der Waals surface area contributed by atoms with E-state index in [2.05, 4.69) is 31.2 Å². The van der Waals surface area contributed by atoms with Gasteiger partial charge in [-0.25, -0.2) is 0 Å². The Balaban J connectivity index is 1.34. The Kier molecular flexibility index (Phi) is 8.02. The van der Waals surface area contributed by atoms with Gasteiger partial charge in [0, 0.05) is 0 Å². The minimum Gasteiger partial charge on any atom is -0.251 e. The first-order valence-electron chi connectivity index (χ1n) is 11.4. The highest BCUT2D eigenvalue weighted by Crippen LogP contribution is 2.44. The monoisotopic (exact) mass is 358 g/mol. The summed E-state index contributed by atoms with van der Waals surface area (Å²) < 4.78 is 12.1. The molecule has 26 heavy (non-hydrogen) atoms. The second kappa shape index (κ2) is 10.5. The highest BCUT2D eigenvalue weighted by molar-refractivity contribution is 5.24. The highest BCUT2D eigenvalue weighted by Gasteiger charge is 2.31. The summed E-state index contributed by atoms with van der Waals surface area (Å²) >= 11 is 0. The maximum Gasteiger partial charge on any atom is 0.0894 e. The Bertz CT molecular complexity index is 489. The number of aryl methyl sites for hydroxylation is 1. The van der Waals surface area contributed by atoms with Gasteiger partial charge in [0.2, 0.25) is 0 Å². The summed E-state index contributed by atoms with van der Waals surface area (Å²) in [6.07, 6.45) is 17.5. The van der Waals surface area contributed by atoms with Gasteiger partial charge < -0.3 is 0 Å². The number of benzene rings is 1. The van der Waals surface area contributed by atoms with Crippen LogP contribution in [0.25, 0.3) is 0 Å². The van der Waals surface area contributed by atoms with E-state index >= 15 is 0 Å². The van der Waals surface area contributed by atoms with Gasteiger partial charge in [-0.2, -0.15) is 0 Å². The van der Waals surface area contributed by atoms with Gasteiger partial charge in [-0.1, -0.05) is 68.4 Å². The third kappa shape index (κ3) is 5.83. The van der Waals surface area contributed by atoms with Crippen molar-refractivity contribution in [3.63, 3.8) is 0 Å². The lowest BCUT2D eigenvalue weighted by molar-refractivity contribution is 0.155. The van der Waals surface area contributed by atoms with E-state index in [9.17, 15) is 4.39 Å². The predicted octanol–water partition coefficient (Wildman–Crippen LogP) is 8.00. The zero-order valence-corrected chi connectivity index (χ0v) is 16.9. The van der Waals surface area contributed by atoms with Gasteiger partial charge >= 0.3 is 0 Å². The van der Waals surface area contributed by atoms with Gasteiger partial charge in [0.25, 0.3) is 0 Å². The summed E-state index contributed by atoms with van der Waals surface area (Å²) in [6.45, 7) is 2.05. The lowest BCUT2D eigenvalue weighted by atomic mass is 9.68. The van der Waals surface area contributed by atoms with E-state index in [1.807, 2.05) is 0 Å². The van der Waals surface area contributed by atoms with E-state index in [1.165, 1.54) is 76.2 Å². The fourth-order valence-electron chi connectivity index (χ4n) is 5.59. The Morgan fingerprint density at radius 2 is 1.31 bits per heavy atom. The van der Waals surface area contributed by atoms with Crippen LogP contribution in [-0.4, -0.2) is 6.67 Å². The summed E-state index contributed by atoms with van der Waals surface area (Å²) in [6, 6.07) is 9.28. The van der Waals surface area contributed by atoms with Crippen LogP contribution in [0.15, 0.2) is 24.3 Å². The summed E-state index contributed by atoms with van der Waals surface area (Å²) in [7, 11) is 0. The minimum absolute atomic E-state index is 0.128. The van der Waals surface area contributed by atoms with E-state index in [-0.39, 0.29) is 6.67 Å². The molecule has 1 heteroatoms. The van der Waals surface area contributed by atoms with Gasteiger partial charge in [-0.15, -0.1) is 0 Å². The number of rotatable bonds is 8. The van der Waals surface area contributed by atoms with E-state index < -0.39 is 0 Å². The van der Waals surface area contributed by atoms with Gasteiger partial charge in [-0.05, 0) is 81.1 Å². The van der Waals surface area contributed by atoms with Crippen LogP contribution < -0.4 is 0 Å². The summed E-state index contributed by atoms with van der Waals surface area (Å²) in [5.41, 5.74) is 2.95. The molecule has 1 aromatic rings. The predicted molar refractivity (Wildman–Crippen MR) is 110 cm³/mol. The maximum atomic E-state index is 12.1. The smallest absolute Gasteiger partial charge is 0.0894 e. The van der Waals surface area contributed by atoms with Crippen molar-refractivity contribution in [3.8, 4) is 0 Å². The van der Waals surface area contributed by atoms with Crippen molar-refractivity contribution in [1.29, 1.82) is 0 Å². The first-order chi connectivity index (χ1) is 12.8. The number of unbranched alkanes of at least 4 members (excludes halogenated alkanes) is 3. The molecule has 0 aromatic heterocycles. The molecule has 146 valence electrons. The molecule has 0 bridgehead atoms. The van der Waals surface area contributed by atoms with E-state index in [0.717, 1.165) is 36.5 Å². The Hall–Kier alpha value is -0.850. The molecule has 2 saturated carbocycles. The molecular formula is C25H39F. The lowest BCUT2D eigenvalue weighted by Crippen LogP contribution is -2.25. The molecule has 0 nitrogen and oxygen atoms in total. The molecule has 0 radical (unpaired) electrons. The van der Waals surface area contributed by atoms with Gasteiger partial charge in [0.15, 0.2) is 0 Å². The molecule has 0 N–H and O–H groups in total. The second-order valence-corrected chi connectivity index (χ2v) is 9.20. The summed E-state index contributed by atoms with van der Waals surface area (Å²) in [5.74, 6) is 3.80. The molecule has 3 rings (SSSR count). The minimum atomic E-state index is -0.128. The molecule has 1 aromatic carbocycles. The van der Waals surface area contributed by atoms with Crippen LogP contribution in [0.1, 0.15) is 101 Å². The SMILES string of the molecule is Cc1ccc(C2CCC(C3CCC(CCCCCCF)CC3)CC2)cc1. The van der Waals surface area contributed by atoms with E-state index in [4.69, 9.17) is 0 Å². The molecule has 0 heterocycles. The molecule has 0 unspecified atom stereocenters. The normalized spacial score (nSPS) is 29.6. The number of hydrogen-bond donors (Lipinski definition) is 0. The third-order valence-corrected chi connectivity index (χ3v) is 7.37. The molecule has 0 amide bonds. The summed E-state index contributed by atoms with van der Waals surface area (Å²) in [4.78, 5) is 0. The topological polar surface area (TPSA) is 0 Å². The maximum absolute atomic E-state index is 12.1. The Morgan fingerprint density at radius 3 is 1.92 bits per heavy atom. The summed E-state index contributed by atoms with van der Waals surface area (Å²) in [5, 5.41) is 0. The molecular weight excluding hydrogens is 319 g/mol. The molecule has 0 saturated heterocycles. The first kappa shape index (κ1) is 19.9. The average molecular weight is 359 g/mol. The zero-order valence-electron chi connectivity index (χ0n) is 16.9. The van der Waals surface area contributed by atoms with Gasteiger partial charge in [0.05, 0.1) is 6.67 Å². The Morgan fingerprint density at radius 1 is 0.731 bits per heavy atom. The quantitative estimate of drug-likeness (QED) is 0.413. The molecule has 0 spiro atoms. The number of hydrogen-bond acceptors (Lipinski definition) is 0. The molecule has 2 aliphatic carbocycles. The average Bonchev–Trinajstić information content (AvgIpc) is 2.69. The molecule has 2 fully saturated rings. The van der Waals surface area contributed by atoms with Gasteiger partial charge in [-0.3, -0.25) is 4.39 Å². The van der Waals surface area contributed by atoms with Crippen LogP contribution in [0, 0.1) is 24.7 Å². The van der Waals surface area contributed by atoms with Crippen molar-refractivity contribution in [1.82, 2.24) is 0 Å². The van der Waals surface area contributed by atoms with Crippen molar-refractivity contribution >= 4 is 0 Å². The fraction of sp³-hybridized carbons (Fsp3) is 0.760. The molecule has 2 aliphatic rings. The van der Waals surface area contributed by atoms with Crippen molar-refractivity contribution < 1.29 is 4.39 Å². The van der Waals surface area contributed by atoms with Crippen LogP contribution in [0.2, 0.25) is 0 Å². The number of halogens is 1. The van der Waals surface area contributed by atoms with Crippen molar-refractivity contribution in [3.05, 3.63) is 35.4 Å². The van der Waals surface area contributed by atoms with Gasteiger partial charge in [0.1, 0.15) is 0 Å². The largest absolute Gasteiger partial charge is 0.251 e. The van der Waals surface area contributed by atoms with Crippen molar-refractivity contribution in [2.45, 2.75) is 96.3 Å². The second-order valence-electron chi connectivity index (χ2n) is 9.20. The van der Waals surface area contributed by atoms with Crippen LogP contribution in [0.4, 0.5) is 4.39 Å². The third-order valence-electron chi connectivity index (χ3n) is 7.37. The fourth-order valence-corrected chi connectivity index (χ4v) is 5.59. The molecule has 0 atom stereocenters. The van der Waals surface area contributed by atoms with Crippen LogP contribution in [0.5, 0.6) is 0 Å². The van der Waals surface area contributed by atoms with Crippen LogP contribution in [-0.2, 0) is 0 Å². The van der Waals surface area contributed by atoms with Crippen molar-refractivity contribution in [2.24, 2.45) is 17.8 Å². The van der Waals surface area contributed by atoms with E-state index in [1.54, 1.807) is 5.56 Å². The zero-order chi connectivity index (χ0) is 18.2. The van der Waals surface area contributed by atoms with E-state index in [0.29, 0.717) is 0 Å². The van der Waals surface area contributed by atoms with Crippen LogP contribution in [0.3, 0.4) is 0 Å². The van der Waals surface area contributed by atoms with Crippen molar-refractivity contribution in [2.75, 3.05) is 6.67 Å². The Labute approximate surface area is 161 Å². The standard InChI is InChI=1S/C25H39F/c1-20-7-11-22(12-8-20)24-15-17-25(18-16-24)23-13-9-21(10-14-23)6-4-2-3-5-19-26/h7-8,11-12,21,23-25H,2-6,9-10,13-19H2,1H3. The molecule has 0 aliphatic heterocycles. The highest BCUT2D eigenvalue weighted by atomic mass is 19.1.